The van der Waals surface area contributed by atoms with Crippen molar-refractivity contribution in [1.29, 1.82) is 0 Å². The quantitative estimate of drug-likeness (QED) is 0.548. The number of benzene rings is 1. The van der Waals surface area contributed by atoms with Gasteiger partial charge in [-0.1, -0.05) is 30.3 Å². The van der Waals surface area contributed by atoms with Crippen LogP contribution in [-0.4, -0.2) is 44.1 Å². The number of hydrogen-bond donors (Lipinski definition) is 3. The highest BCUT2D eigenvalue weighted by Gasteiger charge is 2.22. The van der Waals surface area contributed by atoms with Crippen LogP contribution in [0.4, 0.5) is 9.80 Å². The molecule has 0 spiro atoms. The van der Waals surface area contributed by atoms with Gasteiger partial charge in [-0.15, -0.1) is 11.3 Å². The summed E-state index contributed by atoms with van der Waals surface area (Å²) in [5.41, 5.74) is 1.90. The molecule has 0 saturated heterocycles. The lowest BCUT2D eigenvalue weighted by Crippen LogP contribution is -2.39. The highest BCUT2D eigenvalue weighted by atomic mass is 32.1. The topological polar surface area (TPSA) is 123 Å². The Morgan fingerprint density at radius 3 is 2.40 bits per heavy atom. The van der Waals surface area contributed by atoms with E-state index >= 15 is 0 Å². The monoisotopic (exact) mass is 433 g/mol. The molecule has 0 unspecified atom stereocenters. The number of carbonyl (C=O) groups excluding carboxylic acids is 4. The molecule has 0 bridgehead atoms. The van der Waals surface area contributed by atoms with Gasteiger partial charge in [0.25, 0.3) is 5.91 Å². The third-order valence-electron chi connectivity index (χ3n) is 4.08. The van der Waals surface area contributed by atoms with Crippen LogP contribution in [0, 0.1) is 13.8 Å². The number of anilines is 1. The second-order valence-electron chi connectivity index (χ2n) is 6.21. The Balaban J connectivity index is 1.74. The van der Waals surface area contributed by atoms with E-state index < -0.39 is 37.0 Å². The molecule has 10 heteroatoms. The van der Waals surface area contributed by atoms with Crippen molar-refractivity contribution in [2.45, 2.75) is 20.4 Å². The molecule has 2 rings (SSSR count). The summed E-state index contributed by atoms with van der Waals surface area (Å²) < 4.78 is 9.59. The lowest BCUT2D eigenvalue weighted by Gasteiger charge is -2.09. The molecule has 0 fully saturated rings. The predicted octanol–water partition coefficient (Wildman–Crippen LogP) is 2.13. The normalized spacial score (nSPS) is 10.1. The van der Waals surface area contributed by atoms with E-state index in [1.807, 2.05) is 37.3 Å². The first-order valence-electron chi connectivity index (χ1n) is 9.01. The number of methoxy groups -OCH3 is 1. The number of ether oxygens (including phenoxy) is 2. The van der Waals surface area contributed by atoms with Gasteiger partial charge in [-0.05, 0) is 25.0 Å². The van der Waals surface area contributed by atoms with Gasteiger partial charge in [0, 0.05) is 11.4 Å². The standard InChI is InChI=1S/C20H23N3O6S/c1-12-13(2)30-18(17(12)19(26)28-3)23-15(24)11-29-16(25)10-22-20(27)21-9-14-7-5-4-6-8-14/h4-8H,9-11H2,1-3H3,(H,23,24)(H2,21,22,27). The number of hydrogen-bond acceptors (Lipinski definition) is 7. The molecule has 0 aliphatic heterocycles. The Morgan fingerprint density at radius 2 is 1.73 bits per heavy atom. The van der Waals surface area contributed by atoms with Gasteiger partial charge in [-0.3, -0.25) is 9.59 Å². The van der Waals surface area contributed by atoms with Gasteiger partial charge in [0.2, 0.25) is 0 Å². The third-order valence-corrected chi connectivity index (χ3v) is 5.20. The molecule has 160 valence electrons. The van der Waals surface area contributed by atoms with Crippen molar-refractivity contribution in [3.05, 3.63) is 51.9 Å². The van der Waals surface area contributed by atoms with Crippen molar-refractivity contribution >= 4 is 40.2 Å². The molecular weight excluding hydrogens is 410 g/mol. The fourth-order valence-electron chi connectivity index (χ4n) is 2.42. The molecule has 0 aliphatic rings. The van der Waals surface area contributed by atoms with Gasteiger partial charge in [0.1, 0.15) is 11.5 Å². The van der Waals surface area contributed by atoms with Crippen LogP contribution in [0.3, 0.4) is 0 Å². The predicted molar refractivity (Wildman–Crippen MR) is 111 cm³/mol. The first-order chi connectivity index (χ1) is 14.3. The highest BCUT2D eigenvalue weighted by molar-refractivity contribution is 7.16. The number of nitrogens with one attached hydrogen (secondary N) is 3. The molecular formula is C20H23N3O6S. The SMILES string of the molecule is COC(=O)c1c(NC(=O)COC(=O)CNC(=O)NCc2ccccc2)sc(C)c1C. The summed E-state index contributed by atoms with van der Waals surface area (Å²) in [5, 5.41) is 7.83. The minimum absolute atomic E-state index is 0.274. The summed E-state index contributed by atoms with van der Waals surface area (Å²) in [6.07, 6.45) is 0. The van der Waals surface area contributed by atoms with Crippen molar-refractivity contribution in [2.75, 3.05) is 25.6 Å². The van der Waals surface area contributed by atoms with Gasteiger partial charge < -0.3 is 25.4 Å². The van der Waals surface area contributed by atoms with E-state index in [1.54, 1.807) is 6.92 Å². The molecule has 1 aromatic carbocycles. The summed E-state index contributed by atoms with van der Waals surface area (Å²) in [6, 6.07) is 8.75. The van der Waals surface area contributed by atoms with Crippen molar-refractivity contribution in [2.24, 2.45) is 0 Å². The molecule has 9 nitrogen and oxygen atoms in total. The number of esters is 2. The lowest BCUT2D eigenvalue weighted by atomic mass is 10.1. The second kappa shape index (κ2) is 11.0. The maximum atomic E-state index is 12.1. The summed E-state index contributed by atoms with van der Waals surface area (Å²) in [5.74, 6) is -1.94. The Labute approximate surface area is 177 Å². The van der Waals surface area contributed by atoms with E-state index in [2.05, 4.69) is 16.0 Å². The van der Waals surface area contributed by atoms with Crippen LogP contribution in [0.2, 0.25) is 0 Å². The third kappa shape index (κ3) is 6.59. The maximum absolute atomic E-state index is 12.1. The van der Waals surface area contributed by atoms with Gasteiger partial charge in [0.05, 0.1) is 12.7 Å². The van der Waals surface area contributed by atoms with Crippen LogP contribution in [0.15, 0.2) is 30.3 Å². The Bertz CT molecular complexity index is 926. The van der Waals surface area contributed by atoms with Crippen molar-refractivity contribution < 1.29 is 28.7 Å². The maximum Gasteiger partial charge on any atom is 0.341 e. The Morgan fingerprint density at radius 1 is 1.03 bits per heavy atom. The summed E-state index contributed by atoms with van der Waals surface area (Å²) in [7, 11) is 1.26. The van der Waals surface area contributed by atoms with Gasteiger partial charge in [-0.25, -0.2) is 9.59 Å². The summed E-state index contributed by atoms with van der Waals surface area (Å²) >= 11 is 1.23. The highest BCUT2D eigenvalue weighted by Crippen LogP contribution is 2.32. The zero-order valence-electron chi connectivity index (χ0n) is 16.9. The van der Waals surface area contributed by atoms with Crippen LogP contribution in [0.5, 0.6) is 0 Å². The van der Waals surface area contributed by atoms with Crippen LogP contribution in [0.1, 0.15) is 26.4 Å². The van der Waals surface area contributed by atoms with E-state index in [0.717, 1.165) is 10.4 Å². The molecule has 3 N–H and O–H groups in total. The second-order valence-corrected chi connectivity index (χ2v) is 7.43. The van der Waals surface area contributed by atoms with Gasteiger partial charge in [-0.2, -0.15) is 0 Å². The van der Waals surface area contributed by atoms with Crippen LogP contribution >= 0.6 is 11.3 Å². The molecule has 30 heavy (non-hydrogen) atoms. The van der Waals surface area contributed by atoms with E-state index in [0.29, 0.717) is 17.1 Å². The van der Waals surface area contributed by atoms with E-state index in [1.165, 1.54) is 18.4 Å². The zero-order chi connectivity index (χ0) is 22.1. The molecule has 0 radical (unpaired) electrons. The van der Waals surface area contributed by atoms with Crippen LogP contribution in [-0.2, 0) is 25.6 Å². The number of urea groups is 1. The molecule has 0 aliphatic carbocycles. The molecule has 2 aromatic rings. The number of amides is 3. The fraction of sp³-hybridized carbons (Fsp3) is 0.300. The first-order valence-corrected chi connectivity index (χ1v) is 9.82. The van der Waals surface area contributed by atoms with Gasteiger partial charge in [0.15, 0.2) is 6.61 Å². The van der Waals surface area contributed by atoms with E-state index in [4.69, 9.17) is 9.47 Å². The van der Waals surface area contributed by atoms with E-state index in [-0.39, 0.29) is 5.56 Å². The Kier molecular flexibility index (Phi) is 8.36. The smallest absolute Gasteiger partial charge is 0.341 e. The molecule has 3 amide bonds. The van der Waals surface area contributed by atoms with Crippen molar-refractivity contribution in [3.8, 4) is 0 Å². The van der Waals surface area contributed by atoms with Crippen LogP contribution < -0.4 is 16.0 Å². The first kappa shape index (κ1) is 22.9. The van der Waals surface area contributed by atoms with Crippen molar-refractivity contribution in [1.82, 2.24) is 10.6 Å². The molecule has 0 saturated carbocycles. The van der Waals surface area contributed by atoms with E-state index in [9.17, 15) is 19.2 Å². The van der Waals surface area contributed by atoms with Gasteiger partial charge >= 0.3 is 18.0 Å². The Hall–Kier alpha value is -3.40. The fourth-order valence-corrected chi connectivity index (χ4v) is 3.48. The van der Waals surface area contributed by atoms with Crippen LogP contribution in [0.25, 0.3) is 0 Å². The molecule has 1 aromatic heterocycles. The average Bonchev–Trinajstić information content (AvgIpc) is 3.02. The summed E-state index contributed by atoms with van der Waals surface area (Å²) in [4.78, 5) is 48.3. The number of carbonyl (C=O) groups is 4. The molecule has 0 atom stereocenters. The largest absolute Gasteiger partial charge is 0.465 e. The van der Waals surface area contributed by atoms with Crippen molar-refractivity contribution in [3.63, 3.8) is 0 Å². The minimum Gasteiger partial charge on any atom is -0.465 e. The molecule has 1 heterocycles. The summed E-state index contributed by atoms with van der Waals surface area (Å²) in [6.45, 7) is 2.94. The minimum atomic E-state index is -0.772. The lowest BCUT2D eigenvalue weighted by molar-refractivity contribution is -0.146. The number of aryl methyl sites for hydroxylation is 1. The number of thiophene rings is 1. The number of rotatable bonds is 8. The average molecular weight is 433 g/mol. The zero-order valence-corrected chi connectivity index (χ0v) is 17.7.